The van der Waals surface area contributed by atoms with Gasteiger partial charge in [0.15, 0.2) is 0 Å². The number of hydrogen-bond donors (Lipinski definition) is 1. The second-order valence-corrected chi connectivity index (χ2v) is 10.5. The molecule has 0 heterocycles. The van der Waals surface area contributed by atoms with E-state index in [4.69, 9.17) is 16.3 Å². The van der Waals surface area contributed by atoms with Gasteiger partial charge in [-0.05, 0) is 54.6 Å². The van der Waals surface area contributed by atoms with E-state index < -0.39 is 22.5 Å². The molecular weight excluding hydrogens is 480 g/mol. The number of anilines is 1. The SMILES string of the molecule is COc1ccc(Cl)cc1N(CC(=O)NCCCSc1ccccc1)S(=O)(=O)c1ccccc1. The number of thioether (sulfide) groups is 1. The fraction of sp³-hybridized carbons (Fsp3) is 0.208. The van der Waals surface area contributed by atoms with Crippen LogP contribution in [0.15, 0.2) is 88.7 Å². The Morgan fingerprint density at radius 2 is 1.70 bits per heavy atom. The largest absolute Gasteiger partial charge is 0.495 e. The minimum absolute atomic E-state index is 0.0686. The van der Waals surface area contributed by atoms with Gasteiger partial charge in [0.05, 0.1) is 17.7 Å². The van der Waals surface area contributed by atoms with Gasteiger partial charge in [-0.2, -0.15) is 0 Å². The molecule has 0 unspecified atom stereocenters. The molecule has 3 aromatic carbocycles. The summed E-state index contributed by atoms with van der Waals surface area (Å²) < 4.78 is 33.2. The highest BCUT2D eigenvalue weighted by Crippen LogP contribution is 2.34. The van der Waals surface area contributed by atoms with Crippen molar-refractivity contribution in [3.63, 3.8) is 0 Å². The summed E-state index contributed by atoms with van der Waals surface area (Å²) in [6, 6.07) is 22.6. The Bertz CT molecular complexity index is 1160. The van der Waals surface area contributed by atoms with E-state index in [9.17, 15) is 13.2 Å². The molecule has 0 saturated heterocycles. The zero-order valence-electron chi connectivity index (χ0n) is 18.1. The number of ether oxygens (including phenoxy) is 1. The van der Waals surface area contributed by atoms with Gasteiger partial charge in [0.2, 0.25) is 5.91 Å². The standard InChI is InChI=1S/C24H25ClN2O4S2/c1-31-23-14-13-19(25)17-22(23)27(33(29,30)21-11-6-3-7-12-21)18-24(28)26-15-8-16-32-20-9-4-2-5-10-20/h2-7,9-14,17H,8,15-16,18H2,1H3,(H,26,28). The fourth-order valence-corrected chi connectivity index (χ4v) is 5.56. The van der Waals surface area contributed by atoms with Crippen LogP contribution in [0, 0.1) is 0 Å². The molecular formula is C24H25ClN2O4S2. The molecule has 0 atom stereocenters. The molecule has 6 nitrogen and oxygen atoms in total. The van der Waals surface area contributed by atoms with Crippen LogP contribution < -0.4 is 14.4 Å². The smallest absolute Gasteiger partial charge is 0.264 e. The molecule has 1 amide bonds. The van der Waals surface area contributed by atoms with E-state index in [1.54, 1.807) is 42.1 Å². The summed E-state index contributed by atoms with van der Waals surface area (Å²) in [6.45, 7) is 0.0321. The lowest BCUT2D eigenvalue weighted by atomic mass is 10.3. The van der Waals surface area contributed by atoms with Gasteiger partial charge < -0.3 is 10.1 Å². The zero-order valence-corrected chi connectivity index (χ0v) is 20.5. The topological polar surface area (TPSA) is 75.7 Å². The molecule has 0 aliphatic rings. The van der Waals surface area contributed by atoms with Crippen molar-refractivity contribution in [1.82, 2.24) is 5.32 Å². The van der Waals surface area contributed by atoms with Crippen LogP contribution in [0.1, 0.15) is 6.42 Å². The minimum atomic E-state index is -4.04. The predicted octanol–water partition coefficient (Wildman–Crippen LogP) is 4.84. The van der Waals surface area contributed by atoms with Gasteiger partial charge in [-0.1, -0.05) is 48.0 Å². The Labute approximate surface area is 204 Å². The highest BCUT2D eigenvalue weighted by Gasteiger charge is 2.29. The summed E-state index contributed by atoms with van der Waals surface area (Å²) in [5, 5.41) is 3.14. The maximum Gasteiger partial charge on any atom is 0.264 e. The Hall–Kier alpha value is -2.68. The molecule has 174 valence electrons. The number of benzene rings is 3. The first-order valence-corrected chi connectivity index (χ1v) is 13.1. The van der Waals surface area contributed by atoms with E-state index in [0.717, 1.165) is 21.4 Å². The van der Waals surface area contributed by atoms with E-state index in [2.05, 4.69) is 5.32 Å². The van der Waals surface area contributed by atoms with Gasteiger partial charge >= 0.3 is 0 Å². The van der Waals surface area contributed by atoms with Crippen molar-refractivity contribution >= 4 is 45.0 Å². The lowest BCUT2D eigenvalue weighted by Crippen LogP contribution is -2.41. The van der Waals surface area contributed by atoms with Crippen molar-refractivity contribution in [2.24, 2.45) is 0 Å². The van der Waals surface area contributed by atoms with Crippen LogP contribution in [0.2, 0.25) is 5.02 Å². The molecule has 0 radical (unpaired) electrons. The van der Waals surface area contributed by atoms with E-state index in [-0.39, 0.29) is 10.6 Å². The maximum absolute atomic E-state index is 13.4. The summed E-state index contributed by atoms with van der Waals surface area (Å²) in [4.78, 5) is 14.0. The third-order valence-corrected chi connectivity index (χ3v) is 7.79. The van der Waals surface area contributed by atoms with E-state index >= 15 is 0 Å². The number of methoxy groups -OCH3 is 1. The summed E-state index contributed by atoms with van der Waals surface area (Å²) in [6.07, 6.45) is 0.747. The molecule has 0 spiro atoms. The maximum atomic E-state index is 13.4. The average molecular weight is 505 g/mol. The first kappa shape index (κ1) is 25.0. The Morgan fingerprint density at radius 1 is 1.03 bits per heavy atom. The van der Waals surface area contributed by atoms with Crippen molar-refractivity contribution in [2.75, 3.05) is 30.3 Å². The summed E-state index contributed by atoms with van der Waals surface area (Å²) in [7, 11) is -2.61. The monoisotopic (exact) mass is 504 g/mol. The number of carbonyl (C=O) groups excluding carboxylic acids is 1. The van der Waals surface area contributed by atoms with Gasteiger partial charge in [0, 0.05) is 16.5 Å². The predicted molar refractivity (Wildman–Crippen MR) is 134 cm³/mol. The van der Waals surface area contributed by atoms with Crippen molar-refractivity contribution in [1.29, 1.82) is 0 Å². The first-order chi connectivity index (χ1) is 15.9. The molecule has 3 aromatic rings. The van der Waals surface area contributed by atoms with Gasteiger partial charge in [-0.3, -0.25) is 9.10 Å². The molecule has 3 rings (SSSR count). The number of rotatable bonds is 11. The van der Waals surface area contributed by atoms with Crippen molar-refractivity contribution < 1.29 is 17.9 Å². The highest BCUT2D eigenvalue weighted by molar-refractivity contribution is 7.99. The van der Waals surface area contributed by atoms with E-state index in [1.165, 1.54) is 25.3 Å². The Morgan fingerprint density at radius 3 is 2.36 bits per heavy atom. The average Bonchev–Trinajstić information content (AvgIpc) is 2.83. The molecule has 0 bridgehead atoms. The Kier molecular flexibility index (Phi) is 9.05. The van der Waals surface area contributed by atoms with Gasteiger partial charge in [0.25, 0.3) is 10.0 Å². The number of sulfonamides is 1. The van der Waals surface area contributed by atoms with Gasteiger partial charge in [-0.25, -0.2) is 8.42 Å². The molecule has 1 N–H and O–H groups in total. The zero-order chi connectivity index (χ0) is 23.7. The van der Waals surface area contributed by atoms with Crippen molar-refractivity contribution in [3.05, 3.63) is 83.9 Å². The molecule has 0 fully saturated rings. The number of amides is 1. The van der Waals surface area contributed by atoms with Crippen LogP contribution in [-0.4, -0.2) is 40.3 Å². The van der Waals surface area contributed by atoms with Crippen LogP contribution in [0.5, 0.6) is 5.75 Å². The molecule has 0 saturated carbocycles. The number of hydrogen-bond acceptors (Lipinski definition) is 5. The highest BCUT2D eigenvalue weighted by atomic mass is 35.5. The van der Waals surface area contributed by atoms with Gasteiger partial charge in [-0.15, -0.1) is 11.8 Å². The van der Waals surface area contributed by atoms with Crippen LogP contribution >= 0.6 is 23.4 Å². The number of carbonyl (C=O) groups is 1. The van der Waals surface area contributed by atoms with Crippen LogP contribution in [0.4, 0.5) is 5.69 Å². The third-order valence-electron chi connectivity index (χ3n) is 4.68. The van der Waals surface area contributed by atoms with Crippen LogP contribution in [0.25, 0.3) is 0 Å². The second-order valence-electron chi connectivity index (χ2n) is 7.01. The molecule has 0 aliphatic carbocycles. The van der Waals surface area contributed by atoms with E-state index in [1.807, 2.05) is 30.3 Å². The second kappa shape index (κ2) is 12.0. The van der Waals surface area contributed by atoms with E-state index in [0.29, 0.717) is 17.3 Å². The van der Waals surface area contributed by atoms with Crippen LogP contribution in [0.3, 0.4) is 0 Å². The summed E-state index contributed by atoms with van der Waals surface area (Å²) >= 11 is 7.84. The van der Waals surface area contributed by atoms with Crippen LogP contribution in [-0.2, 0) is 14.8 Å². The third kappa shape index (κ3) is 6.90. The Balaban J connectivity index is 1.72. The molecule has 9 heteroatoms. The number of nitrogens with zero attached hydrogens (tertiary/aromatic N) is 1. The lowest BCUT2D eigenvalue weighted by Gasteiger charge is -2.25. The fourth-order valence-electron chi connectivity index (χ4n) is 3.07. The molecule has 0 aromatic heterocycles. The quantitative estimate of drug-likeness (QED) is 0.298. The summed E-state index contributed by atoms with van der Waals surface area (Å²) in [5.74, 6) is 0.713. The minimum Gasteiger partial charge on any atom is -0.495 e. The normalized spacial score (nSPS) is 11.1. The van der Waals surface area contributed by atoms with Gasteiger partial charge in [0.1, 0.15) is 12.3 Å². The lowest BCUT2D eigenvalue weighted by molar-refractivity contribution is -0.119. The van der Waals surface area contributed by atoms with Crippen molar-refractivity contribution in [2.45, 2.75) is 16.2 Å². The number of nitrogens with one attached hydrogen (secondary N) is 1. The summed E-state index contributed by atoms with van der Waals surface area (Å²) in [5.41, 5.74) is 0.198. The molecule has 0 aliphatic heterocycles. The van der Waals surface area contributed by atoms with Crippen molar-refractivity contribution in [3.8, 4) is 5.75 Å². The molecule has 33 heavy (non-hydrogen) atoms. The number of halogens is 1. The first-order valence-electron chi connectivity index (χ1n) is 10.3.